The second kappa shape index (κ2) is 14.2. The maximum Gasteiger partial charge on any atom is 0.336 e. The Morgan fingerprint density at radius 1 is 0.909 bits per heavy atom. The Hall–Kier alpha value is -4.68. The summed E-state index contributed by atoms with van der Waals surface area (Å²) in [6.45, 7) is 4.03. The van der Waals surface area contributed by atoms with E-state index in [2.05, 4.69) is 17.4 Å². The number of halogens is 1. The van der Waals surface area contributed by atoms with Crippen LogP contribution in [-0.4, -0.2) is 29.3 Å². The Bertz CT molecular complexity index is 1650. The molecule has 0 saturated heterocycles. The molecule has 0 bridgehead atoms. The van der Waals surface area contributed by atoms with Crippen molar-refractivity contribution in [2.24, 2.45) is 0 Å². The third-order valence-electron chi connectivity index (χ3n) is 7.92. The third kappa shape index (κ3) is 7.26. The zero-order valence-electron chi connectivity index (χ0n) is 24.8. The molecule has 44 heavy (non-hydrogen) atoms. The minimum Gasteiger partial charge on any atom is -0.463 e. The lowest BCUT2D eigenvalue weighted by Crippen LogP contribution is -2.38. The molecule has 2 amide bonds. The van der Waals surface area contributed by atoms with E-state index in [1.807, 2.05) is 72.8 Å². The predicted octanol–water partition coefficient (Wildman–Crippen LogP) is 7.41. The number of carbonyl (C=O) groups is 3. The summed E-state index contributed by atoms with van der Waals surface area (Å²) in [4.78, 5) is 41.5. The fourth-order valence-corrected chi connectivity index (χ4v) is 5.86. The molecular formula is C37H35ClN2O4. The molecule has 2 unspecified atom stereocenters. The van der Waals surface area contributed by atoms with Gasteiger partial charge in [-0.1, -0.05) is 96.5 Å². The number of allylic oxidation sites excluding steroid dienone is 1. The third-order valence-corrected chi connectivity index (χ3v) is 8.15. The van der Waals surface area contributed by atoms with Gasteiger partial charge in [-0.25, -0.2) is 4.79 Å². The summed E-state index contributed by atoms with van der Waals surface area (Å²) < 4.78 is 5.40. The molecule has 2 atom stereocenters. The number of amides is 2. The number of hydrogen-bond acceptors (Lipinski definition) is 4. The van der Waals surface area contributed by atoms with Crippen LogP contribution in [0.15, 0.2) is 120 Å². The number of hydrogen-bond donors (Lipinski definition) is 1. The van der Waals surface area contributed by atoms with Crippen LogP contribution in [0.2, 0.25) is 5.02 Å². The van der Waals surface area contributed by atoms with Crippen LogP contribution in [0.4, 0.5) is 0 Å². The van der Waals surface area contributed by atoms with Crippen LogP contribution in [0.5, 0.6) is 0 Å². The van der Waals surface area contributed by atoms with E-state index in [4.69, 9.17) is 16.3 Å². The molecule has 0 saturated carbocycles. The molecule has 0 radical (unpaired) electrons. The van der Waals surface area contributed by atoms with Crippen molar-refractivity contribution in [2.75, 3.05) is 6.61 Å². The van der Waals surface area contributed by atoms with E-state index < -0.39 is 11.9 Å². The van der Waals surface area contributed by atoms with E-state index in [1.165, 1.54) is 0 Å². The smallest absolute Gasteiger partial charge is 0.336 e. The van der Waals surface area contributed by atoms with Gasteiger partial charge in [-0.15, -0.1) is 0 Å². The molecule has 1 N–H and O–H groups in total. The Labute approximate surface area is 263 Å². The molecule has 6 nitrogen and oxygen atoms in total. The number of esters is 1. The van der Waals surface area contributed by atoms with Crippen molar-refractivity contribution in [3.63, 3.8) is 0 Å². The molecule has 0 fully saturated rings. The molecule has 224 valence electrons. The molecule has 4 aromatic carbocycles. The minimum atomic E-state index is -0.448. The van der Waals surface area contributed by atoms with Gasteiger partial charge in [0.25, 0.3) is 5.91 Å². The van der Waals surface area contributed by atoms with Crippen LogP contribution >= 0.6 is 11.6 Å². The average Bonchev–Trinajstić information content (AvgIpc) is 3.03. The lowest BCUT2D eigenvalue weighted by atomic mass is 9.83. The van der Waals surface area contributed by atoms with Crippen LogP contribution in [0.1, 0.15) is 64.8 Å². The van der Waals surface area contributed by atoms with E-state index in [0.717, 1.165) is 22.3 Å². The first kappa shape index (κ1) is 30.8. The van der Waals surface area contributed by atoms with Gasteiger partial charge in [0, 0.05) is 28.6 Å². The maximum atomic E-state index is 13.4. The molecule has 5 rings (SSSR count). The van der Waals surface area contributed by atoms with E-state index in [-0.39, 0.29) is 37.4 Å². The Morgan fingerprint density at radius 3 is 2.25 bits per heavy atom. The van der Waals surface area contributed by atoms with E-state index in [9.17, 15) is 14.4 Å². The fourth-order valence-electron chi connectivity index (χ4n) is 5.66. The summed E-state index contributed by atoms with van der Waals surface area (Å²) in [6.07, 6.45) is 0.783. The lowest BCUT2D eigenvalue weighted by Gasteiger charge is -2.34. The predicted molar refractivity (Wildman–Crippen MR) is 172 cm³/mol. The monoisotopic (exact) mass is 606 g/mol. The standard InChI is InChI=1S/C37H35ClN2O4/c1-3-44-37(43)35-25(2)40(34(41)23-32(35)30-15-10-16-31(38)22-30)24-27-17-19-29(20-18-27)36(42)39-33(28-13-8-5-9-14-28)21-26-11-6-4-7-12-26/h4-20,22,32-33H,3,21,23-24H2,1-2H3,(H,39,42). The molecular weight excluding hydrogens is 572 g/mol. The molecule has 0 aromatic heterocycles. The summed E-state index contributed by atoms with van der Waals surface area (Å²) >= 11 is 6.24. The van der Waals surface area contributed by atoms with Gasteiger partial charge in [0.1, 0.15) is 0 Å². The van der Waals surface area contributed by atoms with Gasteiger partial charge >= 0.3 is 5.97 Å². The highest BCUT2D eigenvalue weighted by Crippen LogP contribution is 2.38. The number of ether oxygens (including phenoxy) is 1. The van der Waals surface area contributed by atoms with Crippen LogP contribution in [0.3, 0.4) is 0 Å². The highest BCUT2D eigenvalue weighted by molar-refractivity contribution is 6.30. The first-order chi connectivity index (χ1) is 21.3. The fraction of sp³-hybridized carbons (Fsp3) is 0.216. The maximum absolute atomic E-state index is 13.4. The molecule has 7 heteroatoms. The van der Waals surface area contributed by atoms with Gasteiger partial charge in [0.05, 0.1) is 24.8 Å². The van der Waals surface area contributed by atoms with E-state index >= 15 is 0 Å². The Balaban J connectivity index is 1.34. The summed E-state index contributed by atoms with van der Waals surface area (Å²) in [7, 11) is 0. The molecule has 0 spiro atoms. The molecule has 1 aliphatic rings. The normalized spacial score (nSPS) is 15.6. The molecule has 0 aliphatic carbocycles. The quantitative estimate of drug-likeness (QED) is 0.191. The van der Waals surface area contributed by atoms with Gasteiger partial charge in [-0.3, -0.25) is 9.59 Å². The van der Waals surface area contributed by atoms with Crippen LogP contribution in [0.25, 0.3) is 0 Å². The highest BCUT2D eigenvalue weighted by atomic mass is 35.5. The van der Waals surface area contributed by atoms with Crippen molar-refractivity contribution in [1.29, 1.82) is 0 Å². The van der Waals surface area contributed by atoms with Gasteiger partial charge in [-0.05, 0) is 66.8 Å². The van der Waals surface area contributed by atoms with Crippen molar-refractivity contribution in [3.05, 3.63) is 153 Å². The van der Waals surface area contributed by atoms with Crippen molar-refractivity contribution in [3.8, 4) is 0 Å². The number of carbonyl (C=O) groups excluding carboxylic acids is 3. The Kier molecular flexibility index (Phi) is 9.93. The van der Waals surface area contributed by atoms with Crippen LogP contribution < -0.4 is 5.32 Å². The molecule has 4 aromatic rings. The summed E-state index contributed by atoms with van der Waals surface area (Å²) in [5, 5.41) is 3.74. The zero-order chi connectivity index (χ0) is 31.1. The van der Waals surface area contributed by atoms with Crippen molar-refractivity contribution in [1.82, 2.24) is 10.2 Å². The lowest BCUT2D eigenvalue weighted by molar-refractivity contribution is -0.140. The topological polar surface area (TPSA) is 75.7 Å². The summed E-state index contributed by atoms with van der Waals surface area (Å²) in [6, 6.07) is 34.3. The molecule has 1 aliphatic heterocycles. The largest absolute Gasteiger partial charge is 0.463 e. The second-order valence-electron chi connectivity index (χ2n) is 10.8. The second-order valence-corrected chi connectivity index (χ2v) is 11.3. The molecule has 1 heterocycles. The number of benzene rings is 4. The first-order valence-corrected chi connectivity index (χ1v) is 15.1. The number of nitrogens with one attached hydrogen (secondary N) is 1. The minimum absolute atomic E-state index is 0.103. The SMILES string of the molecule is CCOC(=O)C1=C(C)N(Cc2ccc(C(=O)NC(Cc3ccccc3)c3ccccc3)cc2)C(=O)CC1c1cccc(Cl)c1. The average molecular weight is 607 g/mol. The van der Waals surface area contributed by atoms with E-state index in [0.29, 0.717) is 28.3 Å². The van der Waals surface area contributed by atoms with Gasteiger partial charge < -0.3 is 15.0 Å². The zero-order valence-corrected chi connectivity index (χ0v) is 25.6. The van der Waals surface area contributed by atoms with Crippen molar-refractivity contribution >= 4 is 29.4 Å². The van der Waals surface area contributed by atoms with Gasteiger partial charge in [0.2, 0.25) is 5.91 Å². The van der Waals surface area contributed by atoms with E-state index in [1.54, 1.807) is 43.0 Å². The van der Waals surface area contributed by atoms with Crippen LogP contribution in [-0.2, 0) is 27.3 Å². The van der Waals surface area contributed by atoms with Gasteiger partial charge in [-0.2, -0.15) is 0 Å². The number of nitrogens with zero attached hydrogens (tertiary/aromatic N) is 1. The van der Waals surface area contributed by atoms with Gasteiger partial charge in [0.15, 0.2) is 0 Å². The van der Waals surface area contributed by atoms with Crippen molar-refractivity contribution < 1.29 is 19.1 Å². The number of rotatable bonds is 10. The van der Waals surface area contributed by atoms with Crippen molar-refractivity contribution in [2.45, 2.75) is 45.2 Å². The highest BCUT2D eigenvalue weighted by Gasteiger charge is 2.37. The summed E-state index contributed by atoms with van der Waals surface area (Å²) in [5.74, 6) is -1.17. The Morgan fingerprint density at radius 2 is 1.59 bits per heavy atom. The first-order valence-electron chi connectivity index (χ1n) is 14.8. The summed E-state index contributed by atoms with van der Waals surface area (Å²) in [5.41, 5.74) is 5.32. The van der Waals surface area contributed by atoms with Crippen LogP contribution in [0, 0.1) is 0 Å².